The molecule has 0 heterocycles. The third-order valence-corrected chi connectivity index (χ3v) is 5.45. The zero-order valence-corrected chi connectivity index (χ0v) is 17.1. The van der Waals surface area contributed by atoms with E-state index in [1.54, 1.807) is 0 Å². The molecule has 4 heteroatoms. The van der Waals surface area contributed by atoms with Gasteiger partial charge in [0.2, 0.25) is 0 Å². The maximum absolute atomic E-state index is 11.7. The van der Waals surface area contributed by atoms with Gasteiger partial charge in [-0.3, -0.25) is 4.79 Å². The fourth-order valence-corrected chi connectivity index (χ4v) is 3.71. The number of ether oxygens (including phenoxy) is 1. The first-order valence-electron chi connectivity index (χ1n) is 11.3. The molecule has 1 fully saturated rings. The normalized spacial score (nSPS) is 19.8. The Hall–Kier alpha value is -0.610. The number of hydrogen-bond donors (Lipinski definition) is 2. The highest BCUT2D eigenvalue weighted by atomic mass is 16.5. The molecule has 4 nitrogen and oxygen atoms in total. The second-order valence-electron chi connectivity index (χ2n) is 7.92. The monoisotopic (exact) mass is 369 g/mol. The average Bonchev–Trinajstić information content (AvgIpc) is 3.04. The SMILES string of the molecule is CCCCCCCCCOC(=O)CCCCCCCNC1CCCC1O. The summed E-state index contributed by atoms with van der Waals surface area (Å²) >= 11 is 0. The fourth-order valence-electron chi connectivity index (χ4n) is 3.71. The summed E-state index contributed by atoms with van der Waals surface area (Å²) in [4.78, 5) is 11.7. The fraction of sp³-hybridized carbons (Fsp3) is 0.955. The molecular weight excluding hydrogens is 326 g/mol. The summed E-state index contributed by atoms with van der Waals surface area (Å²) in [5.74, 6) is -0.0205. The first kappa shape index (κ1) is 23.4. The van der Waals surface area contributed by atoms with Crippen LogP contribution in [-0.4, -0.2) is 36.4 Å². The van der Waals surface area contributed by atoms with Crippen molar-refractivity contribution >= 4 is 5.97 Å². The van der Waals surface area contributed by atoms with Crippen LogP contribution in [0.3, 0.4) is 0 Å². The predicted octanol–water partition coefficient (Wildman–Crippen LogP) is 5.12. The van der Waals surface area contributed by atoms with Crippen molar-refractivity contribution in [2.24, 2.45) is 0 Å². The van der Waals surface area contributed by atoms with Crippen LogP contribution < -0.4 is 5.32 Å². The molecule has 154 valence electrons. The molecule has 0 saturated heterocycles. The maximum Gasteiger partial charge on any atom is 0.305 e. The summed E-state index contributed by atoms with van der Waals surface area (Å²) in [5.41, 5.74) is 0. The Morgan fingerprint density at radius 1 is 0.923 bits per heavy atom. The highest BCUT2D eigenvalue weighted by Crippen LogP contribution is 2.18. The van der Waals surface area contributed by atoms with Crippen LogP contribution in [0.2, 0.25) is 0 Å². The molecule has 1 aliphatic carbocycles. The molecule has 0 aliphatic heterocycles. The van der Waals surface area contributed by atoms with Crippen LogP contribution in [0.4, 0.5) is 0 Å². The van der Waals surface area contributed by atoms with Crippen molar-refractivity contribution in [2.75, 3.05) is 13.2 Å². The zero-order valence-electron chi connectivity index (χ0n) is 17.1. The van der Waals surface area contributed by atoms with Gasteiger partial charge in [-0.15, -0.1) is 0 Å². The van der Waals surface area contributed by atoms with Gasteiger partial charge >= 0.3 is 5.97 Å². The first-order valence-corrected chi connectivity index (χ1v) is 11.3. The Kier molecular flexibility index (Phi) is 14.9. The van der Waals surface area contributed by atoms with Crippen molar-refractivity contribution in [3.8, 4) is 0 Å². The third-order valence-electron chi connectivity index (χ3n) is 5.45. The average molecular weight is 370 g/mol. The summed E-state index contributed by atoms with van der Waals surface area (Å²) in [7, 11) is 0. The summed E-state index contributed by atoms with van der Waals surface area (Å²) in [6.07, 6.45) is 18.0. The molecule has 0 aromatic heterocycles. The lowest BCUT2D eigenvalue weighted by molar-refractivity contribution is -0.143. The molecule has 0 aromatic rings. The van der Waals surface area contributed by atoms with Gasteiger partial charge in [0.1, 0.15) is 0 Å². The van der Waals surface area contributed by atoms with Gasteiger partial charge in [-0.1, -0.05) is 64.7 Å². The van der Waals surface area contributed by atoms with Crippen molar-refractivity contribution in [1.82, 2.24) is 5.32 Å². The number of rotatable bonds is 17. The largest absolute Gasteiger partial charge is 0.466 e. The topological polar surface area (TPSA) is 58.6 Å². The van der Waals surface area contributed by atoms with E-state index in [2.05, 4.69) is 12.2 Å². The van der Waals surface area contributed by atoms with Crippen LogP contribution in [-0.2, 0) is 9.53 Å². The number of aliphatic hydroxyl groups is 1. The number of carbonyl (C=O) groups excluding carboxylic acids is 1. The quantitative estimate of drug-likeness (QED) is 0.276. The molecule has 1 aliphatic rings. The molecule has 0 bridgehead atoms. The minimum Gasteiger partial charge on any atom is -0.466 e. The van der Waals surface area contributed by atoms with Gasteiger partial charge in [-0.05, 0) is 45.1 Å². The second-order valence-corrected chi connectivity index (χ2v) is 7.92. The van der Waals surface area contributed by atoms with Crippen LogP contribution in [0, 0.1) is 0 Å². The smallest absolute Gasteiger partial charge is 0.305 e. The maximum atomic E-state index is 11.7. The number of carbonyl (C=O) groups is 1. The lowest BCUT2D eigenvalue weighted by atomic mass is 10.1. The Morgan fingerprint density at radius 3 is 2.27 bits per heavy atom. The van der Waals surface area contributed by atoms with Gasteiger partial charge in [0.05, 0.1) is 12.7 Å². The van der Waals surface area contributed by atoms with Crippen LogP contribution in [0.1, 0.15) is 110 Å². The van der Waals surface area contributed by atoms with E-state index in [4.69, 9.17) is 4.74 Å². The highest BCUT2D eigenvalue weighted by Gasteiger charge is 2.23. The van der Waals surface area contributed by atoms with E-state index in [0.717, 1.165) is 51.5 Å². The van der Waals surface area contributed by atoms with E-state index in [1.807, 2.05) is 0 Å². The molecule has 2 N–H and O–H groups in total. The summed E-state index contributed by atoms with van der Waals surface area (Å²) in [6.45, 7) is 3.84. The van der Waals surface area contributed by atoms with Gasteiger partial charge < -0.3 is 15.2 Å². The highest BCUT2D eigenvalue weighted by molar-refractivity contribution is 5.69. The third kappa shape index (κ3) is 12.7. The molecule has 0 spiro atoms. The predicted molar refractivity (Wildman–Crippen MR) is 108 cm³/mol. The van der Waals surface area contributed by atoms with Crippen molar-refractivity contribution in [3.63, 3.8) is 0 Å². The first-order chi connectivity index (χ1) is 12.7. The van der Waals surface area contributed by atoms with E-state index < -0.39 is 0 Å². The molecule has 2 atom stereocenters. The van der Waals surface area contributed by atoms with E-state index >= 15 is 0 Å². The van der Waals surface area contributed by atoms with Gasteiger partial charge in [0, 0.05) is 12.5 Å². The van der Waals surface area contributed by atoms with E-state index in [0.29, 0.717) is 19.1 Å². The zero-order chi connectivity index (χ0) is 18.9. The molecular formula is C22H43NO3. The molecule has 0 amide bonds. The second kappa shape index (κ2) is 16.6. The number of nitrogens with one attached hydrogen (secondary N) is 1. The molecule has 0 aromatic carbocycles. The van der Waals surface area contributed by atoms with E-state index in [1.165, 1.54) is 51.4 Å². The Balaban J connectivity index is 1.76. The molecule has 2 unspecified atom stereocenters. The minimum atomic E-state index is -0.137. The summed E-state index contributed by atoms with van der Waals surface area (Å²) in [5, 5.41) is 13.2. The van der Waals surface area contributed by atoms with Gasteiger partial charge in [-0.2, -0.15) is 0 Å². The summed E-state index contributed by atoms with van der Waals surface area (Å²) in [6, 6.07) is 0.320. The van der Waals surface area contributed by atoms with Crippen LogP contribution >= 0.6 is 0 Å². The van der Waals surface area contributed by atoms with Crippen LogP contribution in [0.15, 0.2) is 0 Å². The number of aliphatic hydroxyl groups excluding tert-OH is 1. The standard InChI is InChI=1S/C22H43NO3/c1-2-3-4-5-6-10-13-19-26-22(25)17-11-8-7-9-12-18-23-20-15-14-16-21(20)24/h20-21,23-24H,2-19H2,1H3. The van der Waals surface area contributed by atoms with Gasteiger partial charge in [0.25, 0.3) is 0 Å². The Morgan fingerprint density at radius 2 is 1.58 bits per heavy atom. The Bertz CT molecular complexity index is 335. The van der Waals surface area contributed by atoms with Crippen molar-refractivity contribution in [1.29, 1.82) is 0 Å². The lowest BCUT2D eigenvalue weighted by Gasteiger charge is -2.16. The summed E-state index contributed by atoms with van der Waals surface area (Å²) < 4.78 is 5.31. The van der Waals surface area contributed by atoms with Crippen molar-refractivity contribution in [3.05, 3.63) is 0 Å². The van der Waals surface area contributed by atoms with Gasteiger partial charge in [-0.25, -0.2) is 0 Å². The van der Waals surface area contributed by atoms with Gasteiger partial charge in [0.15, 0.2) is 0 Å². The van der Waals surface area contributed by atoms with Crippen LogP contribution in [0.25, 0.3) is 0 Å². The number of esters is 1. The minimum absolute atomic E-state index is 0.0205. The molecule has 0 radical (unpaired) electrons. The molecule has 26 heavy (non-hydrogen) atoms. The number of unbranched alkanes of at least 4 members (excludes halogenated alkanes) is 10. The lowest BCUT2D eigenvalue weighted by Crippen LogP contribution is -2.36. The number of hydrogen-bond acceptors (Lipinski definition) is 4. The van der Waals surface area contributed by atoms with E-state index in [9.17, 15) is 9.90 Å². The van der Waals surface area contributed by atoms with Crippen molar-refractivity contribution in [2.45, 2.75) is 122 Å². The Labute approximate surface area is 161 Å². The molecule has 1 saturated carbocycles. The van der Waals surface area contributed by atoms with E-state index in [-0.39, 0.29) is 12.1 Å². The molecule has 1 rings (SSSR count). The van der Waals surface area contributed by atoms with Crippen LogP contribution in [0.5, 0.6) is 0 Å². The van der Waals surface area contributed by atoms with Crippen molar-refractivity contribution < 1.29 is 14.6 Å².